The van der Waals surface area contributed by atoms with Crippen LogP contribution in [0.4, 0.5) is 4.79 Å². The van der Waals surface area contributed by atoms with Crippen LogP contribution >= 0.6 is 0 Å². The number of alkyl carbamates (subject to hydrolysis) is 1. The van der Waals surface area contributed by atoms with E-state index in [1.807, 2.05) is 6.07 Å². The molecule has 1 aromatic rings. The largest absolute Gasteiger partial charge is 0.478 e. The van der Waals surface area contributed by atoms with Crippen LogP contribution in [0.15, 0.2) is 54.6 Å². The van der Waals surface area contributed by atoms with Gasteiger partial charge in [0.15, 0.2) is 0 Å². The molecular weight excluding hydrogens is 338 g/mol. The fourth-order valence-electron chi connectivity index (χ4n) is 1.94. The number of hydrogen-bond acceptors (Lipinski definition) is 5. The van der Waals surface area contributed by atoms with Crippen molar-refractivity contribution in [1.29, 1.82) is 0 Å². The fraction of sp³-hybridized carbons (Fsp3) is 0.316. The Hall–Kier alpha value is -3.09. The van der Waals surface area contributed by atoms with E-state index in [1.165, 1.54) is 0 Å². The van der Waals surface area contributed by atoms with Crippen LogP contribution in [-0.4, -0.2) is 35.3 Å². The molecule has 0 saturated heterocycles. The summed E-state index contributed by atoms with van der Waals surface area (Å²) in [5.41, 5.74) is 0.644. The molecule has 7 nitrogen and oxygen atoms in total. The lowest BCUT2D eigenvalue weighted by molar-refractivity contribution is -0.149. The van der Waals surface area contributed by atoms with Gasteiger partial charge in [0.25, 0.3) is 0 Å². The van der Waals surface area contributed by atoms with Gasteiger partial charge < -0.3 is 19.9 Å². The molecule has 140 valence electrons. The third-order valence-electron chi connectivity index (χ3n) is 3.28. The predicted molar refractivity (Wildman–Crippen MR) is 95.3 cm³/mol. The van der Waals surface area contributed by atoms with E-state index >= 15 is 0 Å². The van der Waals surface area contributed by atoms with E-state index in [9.17, 15) is 14.4 Å². The molecule has 0 unspecified atom stereocenters. The van der Waals surface area contributed by atoms with Gasteiger partial charge in [0.2, 0.25) is 0 Å². The third-order valence-corrected chi connectivity index (χ3v) is 3.28. The summed E-state index contributed by atoms with van der Waals surface area (Å²) < 4.78 is 10.2. The lowest BCUT2D eigenvalue weighted by atomic mass is 10.0. The zero-order valence-electron chi connectivity index (χ0n) is 14.9. The molecule has 26 heavy (non-hydrogen) atoms. The van der Waals surface area contributed by atoms with E-state index in [2.05, 4.69) is 18.5 Å². The van der Waals surface area contributed by atoms with Crippen molar-refractivity contribution in [3.63, 3.8) is 0 Å². The van der Waals surface area contributed by atoms with E-state index in [-0.39, 0.29) is 24.2 Å². The Morgan fingerprint density at radius 2 is 1.77 bits per heavy atom. The Morgan fingerprint density at radius 3 is 2.31 bits per heavy atom. The quantitative estimate of drug-likeness (QED) is 0.398. The molecule has 1 atom stereocenters. The van der Waals surface area contributed by atoms with Crippen LogP contribution < -0.4 is 5.32 Å². The number of carboxylic acids is 1. The molecule has 1 amide bonds. The van der Waals surface area contributed by atoms with E-state index in [0.717, 1.165) is 5.56 Å². The van der Waals surface area contributed by atoms with Gasteiger partial charge in [0.05, 0.1) is 11.7 Å². The number of carbonyl (C=O) groups excluding carboxylic acids is 2. The Balaban J connectivity index is 2.72. The molecule has 0 bridgehead atoms. The molecule has 0 heterocycles. The zero-order valence-corrected chi connectivity index (χ0v) is 14.9. The molecule has 0 radical (unpaired) electrons. The summed E-state index contributed by atoms with van der Waals surface area (Å²) in [6, 6.07) is 7.89. The normalized spacial score (nSPS) is 11.3. The molecule has 0 aromatic heterocycles. The van der Waals surface area contributed by atoms with Crippen molar-refractivity contribution in [2.75, 3.05) is 0 Å². The summed E-state index contributed by atoms with van der Waals surface area (Å²) in [5.74, 6) is -1.96. The maximum atomic E-state index is 12.2. The molecule has 0 saturated carbocycles. The van der Waals surface area contributed by atoms with Crippen molar-refractivity contribution < 1.29 is 29.0 Å². The summed E-state index contributed by atoms with van der Waals surface area (Å²) in [5, 5.41) is 11.3. The highest BCUT2D eigenvalue weighted by Gasteiger charge is 2.26. The summed E-state index contributed by atoms with van der Waals surface area (Å²) in [6.07, 6.45) is -1.38. The second-order valence-corrected chi connectivity index (χ2v) is 5.84. The van der Waals surface area contributed by atoms with Crippen LogP contribution in [0, 0.1) is 0 Å². The highest BCUT2D eigenvalue weighted by atomic mass is 16.6. The number of aliphatic carboxylic acids is 1. The molecule has 0 aliphatic rings. The second kappa shape index (κ2) is 10.0. The van der Waals surface area contributed by atoms with Crippen molar-refractivity contribution >= 4 is 18.0 Å². The van der Waals surface area contributed by atoms with E-state index in [0.29, 0.717) is 0 Å². The number of nitrogens with one attached hydrogen (secondary N) is 1. The van der Waals surface area contributed by atoms with E-state index in [1.54, 1.807) is 38.1 Å². The number of ether oxygens (including phenoxy) is 2. The van der Waals surface area contributed by atoms with Gasteiger partial charge in [0.1, 0.15) is 12.6 Å². The maximum Gasteiger partial charge on any atom is 0.408 e. The van der Waals surface area contributed by atoms with Crippen LogP contribution in [0.1, 0.15) is 25.8 Å². The Bertz CT molecular complexity index is 681. The number of esters is 1. The minimum Gasteiger partial charge on any atom is -0.478 e. The van der Waals surface area contributed by atoms with Crippen LogP contribution in [0.3, 0.4) is 0 Å². The van der Waals surface area contributed by atoms with Gasteiger partial charge in [-0.2, -0.15) is 0 Å². The van der Waals surface area contributed by atoms with Gasteiger partial charge in [-0.05, 0) is 25.0 Å². The minimum atomic E-state index is -1.25. The SMILES string of the molecule is C=C(C[C@@H](NC(=O)OCc1ccccc1)C(=O)OC(C)C)C(=C)C(=O)O. The standard InChI is InChI=1S/C19H23NO6/c1-12(2)26-18(23)16(10-13(3)14(4)17(21)22)20-19(24)25-11-15-8-6-5-7-9-15/h5-9,12,16H,3-4,10-11H2,1-2H3,(H,20,24)(H,21,22)/t16-/m1/s1. The highest BCUT2D eigenvalue weighted by Crippen LogP contribution is 2.14. The zero-order chi connectivity index (χ0) is 19.7. The number of carboxylic acid groups (broad SMARTS) is 1. The summed E-state index contributed by atoms with van der Waals surface area (Å²) in [4.78, 5) is 35.1. The van der Waals surface area contributed by atoms with Gasteiger partial charge in [0, 0.05) is 6.42 Å². The molecule has 1 rings (SSSR count). The number of rotatable bonds is 9. The van der Waals surface area contributed by atoms with Crippen molar-refractivity contribution in [2.24, 2.45) is 0 Å². The van der Waals surface area contributed by atoms with Crippen LogP contribution in [0.2, 0.25) is 0 Å². The molecule has 0 spiro atoms. The van der Waals surface area contributed by atoms with Gasteiger partial charge in [-0.25, -0.2) is 14.4 Å². The van der Waals surface area contributed by atoms with Gasteiger partial charge >= 0.3 is 18.0 Å². The number of hydrogen-bond donors (Lipinski definition) is 2. The monoisotopic (exact) mass is 361 g/mol. The second-order valence-electron chi connectivity index (χ2n) is 5.84. The molecule has 2 N–H and O–H groups in total. The van der Waals surface area contributed by atoms with E-state index < -0.39 is 30.2 Å². The number of amides is 1. The Morgan fingerprint density at radius 1 is 1.15 bits per heavy atom. The molecule has 0 fully saturated rings. The lowest BCUT2D eigenvalue weighted by Gasteiger charge is -2.20. The summed E-state index contributed by atoms with van der Waals surface area (Å²) in [6.45, 7) is 10.3. The minimum absolute atomic E-state index is 0.0292. The molecule has 1 aromatic carbocycles. The van der Waals surface area contributed by atoms with Crippen molar-refractivity contribution in [1.82, 2.24) is 5.32 Å². The lowest BCUT2D eigenvalue weighted by Crippen LogP contribution is -2.43. The van der Waals surface area contributed by atoms with Gasteiger partial charge in [-0.3, -0.25) is 0 Å². The first-order valence-corrected chi connectivity index (χ1v) is 7.98. The first-order chi connectivity index (χ1) is 12.2. The van der Waals surface area contributed by atoms with Crippen LogP contribution in [-0.2, 0) is 25.7 Å². The maximum absolute atomic E-state index is 12.2. The van der Waals surface area contributed by atoms with Crippen molar-refractivity contribution in [3.8, 4) is 0 Å². The predicted octanol–water partition coefficient (Wildman–Crippen LogP) is 2.82. The molecule has 7 heteroatoms. The fourth-order valence-corrected chi connectivity index (χ4v) is 1.94. The van der Waals surface area contributed by atoms with Gasteiger partial charge in [-0.15, -0.1) is 0 Å². The van der Waals surface area contributed by atoms with Gasteiger partial charge in [-0.1, -0.05) is 43.5 Å². The highest BCUT2D eigenvalue weighted by molar-refractivity contribution is 5.91. The molecule has 0 aliphatic heterocycles. The summed E-state index contributed by atoms with van der Waals surface area (Å²) in [7, 11) is 0. The van der Waals surface area contributed by atoms with Crippen LogP contribution in [0.5, 0.6) is 0 Å². The van der Waals surface area contributed by atoms with E-state index in [4.69, 9.17) is 14.6 Å². The Labute approximate surface area is 152 Å². The molecule has 0 aliphatic carbocycles. The first kappa shape index (κ1) is 21.0. The number of carbonyl (C=O) groups is 3. The van der Waals surface area contributed by atoms with Crippen molar-refractivity contribution in [3.05, 3.63) is 60.2 Å². The average molecular weight is 361 g/mol. The topological polar surface area (TPSA) is 102 Å². The molecular formula is C19H23NO6. The number of benzene rings is 1. The smallest absolute Gasteiger partial charge is 0.408 e. The first-order valence-electron chi connectivity index (χ1n) is 7.98. The Kier molecular flexibility index (Phi) is 8.08. The van der Waals surface area contributed by atoms with Crippen molar-refractivity contribution in [2.45, 2.75) is 39.0 Å². The van der Waals surface area contributed by atoms with Crippen LogP contribution in [0.25, 0.3) is 0 Å². The average Bonchev–Trinajstić information content (AvgIpc) is 2.58. The third kappa shape index (κ3) is 7.21. The summed E-state index contributed by atoms with van der Waals surface area (Å²) >= 11 is 0.